The molecule has 0 unspecified atom stereocenters. The summed E-state index contributed by atoms with van der Waals surface area (Å²) in [5.74, 6) is 0.351. The van der Waals surface area contributed by atoms with E-state index in [0.29, 0.717) is 11.8 Å². The average molecular weight is 141 g/mol. The van der Waals surface area contributed by atoms with Crippen molar-refractivity contribution in [2.24, 2.45) is 17.8 Å². The molecule has 2 aliphatic rings. The molecule has 1 N–H and O–H groups in total. The Hall–Kier alpha value is -0.570. The van der Waals surface area contributed by atoms with E-state index < -0.39 is 5.97 Å². The van der Waals surface area contributed by atoms with Gasteiger partial charge in [0.25, 0.3) is 0 Å². The van der Waals surface area contributed by atoms with E-state index in [1.807, 2.05) is 7.05 Å². The quantitative estimate of drug-likeness (QED) is 0.553. The number of carboxylic acid groups (broad SMARTS) is 1. The van der Waals surface area contributed by atoms with E-state index in [4.69, 9.17) is 5.11 Å². The summed E-state index contributed by atoms with van der Waals surface area (Å²) in [4.78, 5) is 12.7. The van der Waals surface area contributed by atoms with Crippen LogP contribution in [0.4, 0.5) is 0 Å². The van der Waals surface area contributed by atoms with E-state index in [0.717, 1.165) is 13.1 Å². The van der Waals surface area contributed by atoms with Gasteiger partial charge in [0.1, 0.15) is 0 Å². The van der Waals surface area contributed by atoms with Gasteiger partial charge in [-0.2, -0.15) is 0 Å². The van der Waals surface area contributed by atoms with Crippen molar-refractivity contribution in [3.8, 4) is 0 Å². The molecule has 0 aromatic rings. The molecule has 3 nitrogen and oxygen atoms in total. The summed E-state index contributed by atoms with van der Waals surface area (Å²) in [6, 6.07) is 0. The Bertz CT molecular complexity index is 168. The molecule has 1 saturated carbocycles. The van der Waals surface area contributed by atoms with E-state index in [1.165, 1.54) is 0 Å². The lowest BCUT2D eigenvalue weighted by Gasteiger charge is -2.09. The lowest BCUT2D eigenvalue weighted by Crippen LogP contribution is -2.21. The number of aliphatic carboxylic acids is 1. The highest BCUT2D eigenvalue weighted by atomic mass is 16.4. The lowest BCUT2D eigenvalue weighted by atomic mass is 10.3. The summed E-state index contributed by atoms with van der Waals surface area (Å²) in [5, 5.41) is 8.63. The van der Waals surface area contributed by atoms with Crippen molar-refractivity contribution in [1.29, 1.82) is 0 Å². The van der Waals surface area contributed by atoms with Crippen LogP contribution in [0.5, 0.6) is 0 Å². The number of carboxylic acids is 1. The highest BCUT2D eigenvalue weighted by Gasteiger charge is 2.58. The molecule has 0 bridgehead atoms. The SMILES string of the molecule is CN1C[C@H]2C(C(=O)O)[C@@H]2C1. The number of hydrogen-bond donors (Lipinski definition) is 1. The minimum absolute atomic E-state index is 0.00352. The standard InChI is InChI=1S/C7H11NO2/c1-8-2-4-5(3-8)6(4)7(9)10/h4-6H,2-3H2,1H3,(H,9,10)/t4-,5-/m1/s1. The zero-order valence-corrected chi connectivity index (χ0v) is 5.95. The van der Waals surface area contributed by atoms with Crippen molar-refractivity contribution in [3.63, 3.8) is 0 Å². The van der Waals surface area contributed by atoms with Crippen LogP contribution in [0, 0.1) is 17.8 Å². The van der Waals surface area contributed by atoms with Gasteiger partial charge in [0.2, 0.25) is 0 Å². The summed E-state index contributed by atoms with van der Waals surface area (Å²) >= 11 is 0. The minimum atomic E-state index is -0.594. The molecule has 0 aromatic carbocycles. The van der Waals surface area contributed by atoms with Crippen LogP contribution in [-0.2, 0) is 4.79 Å². The molecule has 1 aliphatic carbocycles. The van der Waals surface area contributed by atoms with Gasteiger partial charge in [0.05, 0.1) is 5.92 Å². The van der Waals surface area contributed by atoms with Gasteiger partial charge in [-0.3, -0.25) is 4.79 Å². The van der Waals surface area contributed by atoms with E-state index in [-0.39, 0.29) is 5.92 Å². The maximum absolute atomic E-state index is 10.5. The molecule has 1 saturated heterocycles. The highest BCUT2D eigenvalue weighted by Crippen LogP contribution is 2.51. The first-order valence-electron chi connectivity index (χ1n) is 3.61. The summed E-state index contributed by atoms with van der Waals surface area (Å²) in [7, 11) is 2.05. The second-order valence-corrected chi connectivity index (χ2v) is 3.41. The molecular formula is C7H11NO2. The highest BCUT2D eigenvalue weighted by molar-refractivity contribution is 5.74. The van der Waals surface area contributed by atoms with Crippen molar-refractivity contribution in [1.82, 2.24) is 4.90 Å². The fourth-order valence-electron chi connectivity index (χ4n) is 2.10. The van der Waals surface area contributed by atoms with Crippen LogP contribution < -0.4 is 0 Å². The van der Waals surface area contributed by atoms with Crippen LogP contribution in [0.15, 0.2) is 0 Å². The Morgan fingerprint density at radius 2 is 2.00 bits per heavy atom. The lowest BCUT2D eigenvalue weighted by molar-refractivity contribution is -0.139. The molecule has 1 heterocycles. The molecule has 2 rings (SSSR count). The summed E-state index contributed by atoms with van der Waals surface area (Å²) in [6.07, 6.45) is 0. The van der Waals surface area contributed by atoms with Gasteiger partial charge in [-0.25, -0.2) is 0 Å². The van der Waals surface area contributed by atoms with Gasteiger partial charge in [-0.05, 0) is 18.9 Å². The van der Waals surface area contributed by atoms with Crippen molar-refractivity contribution in [3.05, 3.63) is 0 Å². The first-order chi connectivity index (χ1) is 4.70. The number of fused-ring (bicyclic) bond motifs is 1. The number of piperidine rings is 1. The predicted molar refractivity (Wildman–Crippen MR) is 35.6 cm³/mol. The Labute approximate surface area is 59.6 Å². The Morgan fingerprint density at radius 3 is 2.40 bits per heavy atom. The van der Waals surface area contributed by atoms with Crippen LogP contribution in [0.1, 0.15) is 0 Å². The number of rotatable bonds is 1. The van der Waals surface area contributed by atoms with E-state index >= 15 is 0 Å². The third kappa shape index (κ3) is 0.669. The molecule has 2 atom stereocenters. The van der Waals surface area contributed by atoms with Crippen molar-refractivity contribution >= 4 is 5.97 Å². The van der Waals surface area contributed by atoms with Gasteiger partial charge in [-0.1, -0.05) is 0 Å². The van der Waals surface area contributed by atoms with Gasteiger partial charge < -0.3 is 10.0 Å². The summed E-state index contributed by atoms with van der Waals surface area (Å²) in [6.45, 7) is 1.98. The second-order valence-electron chi connectivity index (χ2n) is 3.41. The topological polar surface area (TPSA) is 40.5 Å². The molecule has 56 valence electrons. The molecule has 0 amide bonds. The largest absolute Gasteiger partial charge is 0.481 e. The fourth-order valence-corrected chi connectivity index (χ4v) is 2.10. The maximum Gasteiger partial charge on any atom is 0.307 e. The van der Waals surface area contributed by atoms with E-state index in [1.54, 1.807) is 0 Å². The Kier molecular flexibility index (Phi) is 1.06. The molecule has 3 heteroatoms. The minimum Gasteiger partial charge on any atom is -0.481 e. The van der Waals surface area contributed by atoms with Gasteiger partial charge in [-0.15, -0.1) is 0 Å². The van der Waals surface area contributed by atoms with E-state index in [9.17, 15) is 4.79 Å². The Morgan fingerprint density at radius 1 is 1.50 bits per heavy atom. The molecule has 0 radical (unpaired) electrons. The van der Waals surface area contributed by atoms with Crippen molar-refractivity contribution < 1.29 is 9.90 Å². The fraction of sp³-hybridized carbons (Fsp3) is 0.857. The zero-order valence-electron chi connectivity index (χ0n) is 5.95. The third-order valence-electron chi connectivity index (χ3n) is 2.66. The third-order valence-corrected chi connectivity index (χ3v) is 2.66. The van der Waals surface area contributed by atoms with Crippen LogP contribution in [0.2, 0.25) is 0 Å². The predicted octanol–water partition coefficient (Wildman–Crippen LogP) is -0.121. The zero-order chi connectivity index (χ0) is 7.30. The van der Waals surface area contributed by atoms with Crippen molar-refractivity contribution in [2.75, 3.05) is 20.1 Å². The summed E-state index contributed by atoms with van der Waals surface area (Å²) < 4.78 is 0. The number of hydrogen-bond acceptors (Lipinski definition) is 2. The molecule has 2 fully saturated rings. The van der Waals surface area contributed by atoms with Crippen LogP contribution in [0.3, 0.4) is 0 Å². The number of likely N-dealkylation sites (tertiary alicyclic amines) is 1. The Balaban J connectivity index is 1.98. The second kappa shape index (κ2) is 1.72. The molecule has 1 aliphatic heterocycles. The maximum atomic E-state index is 10.5. The van der Waals surface area contributed by atoms with E-state index in [2.05, 4.69) is 4.90 Å². The smallest absolute Gasteiger partial charge is 0.307 e. The van der Waals surface area contributed by atoms with Crippen LogP contribution in [0.25, 0.3) is 0 Å². The van der Waals surface area contributed by atoms with Crippen LogP contribution >= 0.6 is 0 Å². The first kappa shape index (κ1) is 6.16. The van der Waals surface area contributed by atoms with Gasteiger partial charge in [0.15, 0.2) is 0 Å². The normalized spacial score (nSPS) is 45.1. The average Bonchev–Trinajstić information content (AvgIpc) is 2.32. The first-order valence-corrected chi connectivity index (χ1v) is 3.61. The van der Waals surface area contributed by atoms with Gasteiger partial charge in [0, 0.05) is 13.1 Å². The molecule has 10 heavy (non-hydrogen) atoms. The number of nitrogens with zero attached hydrogens (tertiary/aromatic N) is 1. The van der Waals surface area contributed by atoms with Crippen molar-refractivity contribution in [2.45, 2.75) is 0 Å². The number of carbonyl (C=O) groups is 1. The molecular weight excluding hydrogens is 130 g/mol. The van der Waals surface area contributed by atoms with Crippen LogP contribution in [-0.4, -0.2) is 36.1 Å². The van der Waals surface area contributed by atoms with Gasteiger partial charge >= 0.3 is 5.97 Å². The molecule has 0 aromatic heterocycles. The summed E-state index contributed by atoms with van der Waals surface area (Å²) in [5.41, 5.74) is 0. The molecule has 0 spiro atoms. The monoisotopic (exact) mass is 141 g/mol.